The number of amides is 1. The van der Waals surface area contributed by atoms with Gasteiger partial charge in [0.2, 0.25) is 5.91 Å². The molecule has 0 radical (unpaired) electrons. The number of nitrogens with one attached hydrogen (secondary N) is 3. The highest BCUT2D eigenvalue weighted by atomic mass is 32.2. The first kappa shape index (κ1) is 20.7. The van der Waals surface area contributed by atoms with Crippen molar-refractivity contribution in [3.8, 4) is 5.75 Å². The number of carbonyl (C=O) groups excluding carboxylic acids is 1. The smallest absolute Gasteiger partial charge is 0.234 e. The molecule has 1 fully saturated rings. The minimum Gasteiger partial charge on any atom is -0.497 e. The maximum Gasteiger partial charge on any atom is 0.234 e. The van der Waals surface area contributed by atoms with E-state index in [1.54, 1.807) is 13.2 Å². The van der Waals surface area contributed by atoms with Gasteiger partial charge in [-0.2, -0.15) is 5.10 Å². The van der Waals surface area contributed by atoms with Crippen LogP contribution in [0.2, 0.25) is 0 Å². The van der Waals surface area contributed by atoms with Crippen molar-refractivity contribution in [1.82, 2.24) is 20.8 Å². The van der Waals surface area contributed by atoms with Crippen LogP contribution in [0.25, 0.3) is 0 Å². The summed E-state index contributed by atoms with van der Waals surface area (Å²) >= 11 is 1.38. The van der Waals surface area contributed by atoms with Crippen LogP contribution in [-0.4, -0.2) is 46.1 Å². The normalized spacial score (nSPS) is 23.3. The molecule has 3 aliphatic heterocycles. The molecule has 3 heterocycles. The Morgan fingerprint density at radius 2 is 2.12 bits per heavy atom. The van der Waals surface area contributed by atoms with Crippen molar-refractivity contribution in [2.75, 3.05) is 18.2 Å². The Labute approximate surface area is 189 Å². The molecular formula is C22H23FN6O2S. The number of hydrazine groups is 1. The maximum atomic E-state index is 13.3. The van der Waals surface area contributed by atoms with Gasteiger partial charge in [-0.15, -0.1) is 0 Å². The summed E-state index contributed by atoms with van der Waals surface area (Å²) in [6.07, 6.45) is 4.73. The van der Waals surface area contributed by atoms with E-state index in [9.17, 15) is 9.18 Å². The molecule has 3 unspecified atom stereocenters. The van der Waals surface area contributed by atoms with Crippen molar-refractivity contribution in [2.24, 2.45) is 5.10 Å². The van der Waals surface area contributed by atoms with E-state index in [2.05, 4.69) is 31.2 Å². The number of hydrogen-bond acceptors (Lipinski definition) is 8. The van der Waals surface area contributed by atoms with E-state index in [1.165, 1.54) is 23.9 Å². The summed E-state index contributed by atoms with van der Waals surface area (Å²) in [6, 6.07) is 14.1. The zero-order valence-electron chi connectivity index (χ0n) is 17.4. The SMILES string of the molecule is COc1cccc(NC(=O)CSC2=NNC3C4CC(c5ccc(F)cc5)NN4C=CN23)c1. The molecule has 166 valence electrons. The number of benzene rings is 2. The highest BCUT2D eigenvalue weighted by Crippen LogP contribution is 2.35. The van der Waals surface area contributed by atoms with Crippen LogP contribution in [0.5, 0.6) is 5.75 Å². The Kier molecular flexibility index (Phi) is 5.62. The second kappa shape index (κ2) is 8.71. The number of anilines is 1. The lowest BCUT2D eigenvalue weighted by Crippen LogP contribution is -2.54. The molecule has 3 aliphatic rings. The molecule has 8 nitrogen and oxygen atoms in total. The van der Waals surface area contributed by atoms with E-state index >= 15 is 0 Å². The first-order chi connectivity index (χ1) is 15.6. The standard InChI is InChI=1S/C22H23FN6O2S/c1-31-17-4-2-3-16(11-17)24-20(30)13-32-22-26-25-21-19-12-18(14-5-7-15(23)8-6-14)27-29(19)10-9-28(21)22/h2-11,18-19,21,25,27H,12-13H2,1H3,(H,24,30). The van der Waals surface area contributed by atoms with E-state index < -0.39 is 0 Å². The number of rotatable bonds is 5. The summed E-state index contributed by atoms with van der Waals surface area (Å²) in [5.74, 6) is 0.573. The predicted molar refractivity (Wildman–Crippen MR) is 122 cm³/mol. The maximum absolute atomic E-state index is 13.3. The number of ether oxygens (including phenoxy) is 1. The van der Waals surface area contributed by atoms with E-state index in [1.807, 2.05) is 42.7 Å². The molecule has 2 aromatic carbocycles. The minimum atomic E-state index is -0.237. The van der Waals surface area contributed by atoms with E-state index in [-0.39, 0.29) is 35.7 Å². The molecule has 0 saturated carbocycles. The summed E-state index contributed by atoms with van der Waals surface area (Å²) in [6.45, 7) is 0. The lowest BCUT2D eigenvalue weighted by atomic mass is 10.00. The van der Waals surface area contributed by atoms with Crippen molar-refractivity contribution in [3.05, 3.63) is 72.3 Å². The Morgan fingerprint density at radius 3 is 2.94 bits per heavy atom. The zero-order chi connectivity index (χ0) is 22.1. The summed E-state index contributed by atoms with van der Waals surface area (Å²) in [5, 5.41) is 10.2. The van der Waals surface area contributed by atoms with Crippen molar-refractivity contribution in [1.29, 1.82) is 0 Å². The molecule has 0 aliphatic carbocycles. The number of amidine groups is 1. The van der Waals surface area contributed by atoms with Gasteiger partial charge in [-0.05, 0) is 36.2 Å². The van der Waals surface area contributed by atoms with Gasteiger partial charge in [0.1, 0.15) is 17.7 Å². The number of halogens is 1. The number of fused-ring (bicyclic) bond motifs is 3. The van der Waals surface area contributed by atoms with Gasteiger partial charge in [0, 0.05) is 24.2 Å². The van der Waals surface area contributed by atoms with Gasteiger partial charge in [0.05, 0.1) is 24.9 Å². The lowest BCUT2D eigenvalue weighted by molar-refractivity contribution is -0.113. The molecule has 0 spiro atoms. The van der Waals surface area contributed by atoms with E-state index in [0.29, 0.717) is 11.4 Å². The monoisotopic (exact) mass is 454 g/mol. The number of nitrogens with zero attached hydrogens (tertiary/aromatic N) is 3. The summed E-state index contributed by atoms with van der Waals surface area (Å²) in [5.41, 5.74) is 8.41. The molecule has 2 aromatic rings. The fourth-order valence-corrected chi connectivity index (χ4v) is 4.86. The molecule has 3 atom stereocenters. The Bertz CT molecular complexity index is 1060. The Balaban J connectivity index is 1.17. The number of carbonyl (C=O) groups is 1. The van der Waals surface area contributed by atoms with Crippen LogP contribution < -0.4 is 20.9 Å². The van der Waals surface area contributed by atoms with Crippen LogP contribution in [0.1, 0.15) is 18.0 Å². The second-order valence-electron chi connectivity index (χ2n) is 7.69. The second-order valence-corrected chi connectivity index (χ2v) is 8.63. The van der Waals surface area contributed by atoms with Crippen molar-refractivity contribution < 1.29 is 13.9 Å². The summed E-state index contributed by atoms with van der Waals surface area (Å²) < 4.78 is 18.5. The van der Waals surface area contributed by atoms with Gasteiger partial charge >= 0.3 is 0 Å². The summed E-state index contributed by atoms with van der Waals surface area (Å²) in [4.78, 5) is 14.5. The highest BCUT2D eigenvalue weighted by molar-refractivity contribution is 8.14. The first-order valence-electron chi connectivity index (χ1n) is 10.3. The van der Waals surface area contributed by atoms with Crippen LogP contribution in [0.15, 0.2) is 66.0 Å². The topological polar surface area (TPSA) is 81.2 Å². The van der Waals surface area contributed by atoms with Crippen molar-refractivity contribution in [2.45, 2.75) is 24.7 Å². The Hall–Kier alpha value is -3.24. The predicted octanol–water partition coefficient (Wildman–Crippen LogP) is 2.81. The van der Waals surface area contributed by atoms with Crippen molar-refractivity contribution in [3.63, 3.8) is 0 Å². The third-order valence-corrected chi connectivity index (χ3v) is 6.63. The molecule has 5 rings (SSSR count). The van der Waals surface area contributed by atoms with Gasteiger partial charge in [0.15, 0.2) is 5.17 Å². The quantitative estimate of drug-likeness (QED) is 0.641. The number of methoxy groups -OCH3 is 1. The van der Waals surface area contributed by atoms with Crippen LogP contribution >= 0.6 is 11.8 Å². The number of hydrogen-bond donors (Lipinski definition) is 3. The fraction of sp³-hybridized carbons (Fsp3) is 0.273. The minimum absolute atomic E-state index is 0.0399. The van der Waals surface area contributed by atoms with Gasteiger partial charge in [-0.25, -0.2) is 9.82 Å². The summed E-state index contributed by atoms with van der Waals surface area (Å²) in [7, 11) is 1.59. The number of thioether (sulfide) groups is 1. The molecule has 32 heavy (non-hydrogen) atoms. The van der Waals surface area contributed by atoms with Crippen LogP contribution in [0.4, 0.5) is 10.1 Å². The van der Waals surface area contributed by atoms with Crippen molar-refractivity contribution >= 4 is 28.5 Å². The molecule has 1 amide bonds. The largest absolute Gasteiger partial charge is 0.497 e. The fourth-order valence-electron chi connectivity index (χ4n) is 4.09. The van der Waals surface area contributed by atoms with Gasteiger partial charge in [-0.1, -0.05) is 30.0 Å². The van der Waals surface area contributed by atoms with E-state index in [4.69, 9.17) is 4.74 Å². The average Bonchev–Trinajstić information content (AvgIpc) is 3.42. The van der Waals surface area contributed by atoms with Gasteiger partial charge in [-0.3, -0.25) is 10.2 Å². The van der Waals surface area contributed by atoms with Crippen LogP contribution in [0.3, 0.4) is 0 Å². The van der Waals surface area contributed by atoms with Gasteiger partial charge in [0.25, 0.3) is 0 Å². The lowest BCUT2D eigenvalue weighted by Gasteiger charge is -2.36. The highest BCUT2D eigenvalue weighted by Gasteiger charge is 2.44. The van der Waals surface area contributed by atoms with E-state index in [0.717, 1.165) is 17.2 Å². The zero-order valence-corrected chi connectivity index (χ0v) is 18.2. The first-order valence-corrected chi connectivity index (χ1v) is 11.3. The van der Waals surface area contributed by atoms with Gasteiger partial charge < -0.3 is 20.0 Å². The third kappa shape index (κ3) is 4.11. The molecule has 0 bridgehead atoms. The average molecular weight is 455 g/mol. The molecule has 10 heteroatoms. The molecule has 1 saturated heterocycles. The third-order valence-electron chi connectivity index (χ3n) is 5.66. The molecular weight excluding hydrogens is 431 g/mol. The van der Waals surface area contributed by atoms with Crippen LogP contribution in [-0.2, 0) is 4.79 Å². The number of hydrazone groups is 1. The van der Waals surface area contributed by atoms with Crippen LogP contribution in [0, 0.1) is 5.82 Å². The molecule has 3 N–H and O–H groups in total. The Morgan fingerprint density at radius 1 is 1.28 bits per heavy atom. The molecule has 0 aromatic heterocycles.